The van der Waals surface area contributed by atoms with Gasteiger partial charge in [-0.15, -0.1) is 0 Å². The zero-order valence-electron chi connectivity index (χ0n) is 11.4. The molecule has 0 aromatic carbocycles. The van der Waals surface area contributed by atoms with E-state index in [4.69, 9.17) is 4.74 Å². The van der Waals surface area contributed by atoms with Gasteiger partial charge in [0.15, 0.2) is 0 Å². The maximum absolute atomic E-state index is 11.8. The molecule has 18 heavy (non-hydrogen) atoms. The molecule has 2 aliphatic rings. The van der Waals surface area contributed by atoms with Gasteiger partial charge in [0.25, 0.3) is 0 Å². The number of ether oxygens (including phenoxy) is 1. The van der Waals surface area contributed by atoms with Crippen LogP contribution in [0.4, 0.5) is 0 Å². The summed E-state index contributed by atoms with van der Waals surface area (Å²) in [4.78, 5) is 16.3. The number of hydrogen-bond acceptors (Lipinski definition) is 4. The predicted octanol–water partition coefficient (Wildman–Crippen LogP) is -0.0809. The van der Waals surface area contributed by atoms with Crippen molar-refractivity contribution in [2.45, 2.75) is 25.8 Å². The Bertz CT molecular complexity index is 261. The minimum atomic E-state index is 0.248. The fraction of sp³-hybridized carbons (Fsp3) is 0.923. The summed E-state index contributed by atoms with van der Waals surface area (Å²) in [7, 11) is 0. The van der Waals surface area contributed by atoms with Crippen molar-refractivity contribution >= 4 is 5.91 Å². The molecular formula is C13H25N3O2. The summed E-state index contributed by atoms with van der Waals surface area (Å²) in [5.74, 6) is 0.248. The first-order valence-electron chi connectivity index (χ1n) is 7.11. The van der Waals surface area contributed by atoms with E-state index >= 15 is 0 Å². The number of carbonyl (C=O) groups is 1. The molecule has 2 saturated heterocycles. The van der Waals surface area contributed by atoms with E-state index in [1.807, 2.05) is 4.90 Å². The first-order valence-corrected chi connectivity index (χ1v) is 7.11. The normalized spacial score (nSPS) is 21.9. The van der Waals surface area contributed by atoms with Crippen LogP contribution in [0, 0.1) is 0 Å². The lowest BCUT2D eigenvalue weighted by Gasteiger charge is -2.46. The summed E-state index contributed by atoms with van der Waals surface area (Å²) in [5, 5.41) is 3.35. The molecule has 2 rings (SSSR count). The fourth-order valence-electron chi connectivity index (χ4n) is 2.50. The number of amides is 1. The Kier molecular flexibility index (Phi) is 5.41. The van der Waals surface area contributed by atoms with Gasteiger partial charge in [0, 0.05) is 51.9 Å². The topological polar surface area (TPSA) is 44.8 Å². The molecule has 2 heterocycles. The maximum Gasteiger partial charge on any atom is 0.224 e. The average Bonchev–Trinajstić information content (AvgIpc) is 2.34. The van der Waals surface area contributed by atoms with E-state index in [2.05, 4.69) is 17.1 Å². The van der Waals surface area contributed by atoms with Gasteiger partial charge in [-0.1, -0.05) is 6.92 Å². The Morgan fingerprint density at radius 1 is 1.28 bits per heavy atom. The second-order valence-corrected chi connectivity index (χ2v) is 5.10. The number of piperazine rings is 1. The lowest BCUT2D eigenvalue weighted by atomic mass is 10.1. The van der Waals surface area contributed by atoms with Crippen molar-refractivity contribution in [3.05, 3.63) is 0 Å². The molecule has 0 aliphatic carbocycles. The van der Waals surface area contributed by atoms with E-state index in [-0.39, 0.29) is 5.91 Å². The highest BCUT2D eigenvalue weighted by Crippen LogP contribution is 2.16. The number of carbonyl (C=O) groups excluding carboxylic acids is 1. The van der Waals surface area contributed by atoms with Crippen LogP contribution in [0.3, 0.4) is 0 Å². The van der Waals surface area contributed by atoms with Gasteiger partial charge in [-0.05, 0) is 6.42 Å². The standard InChI is InChI=1S/C13H25N3O2/c1-2-8-18-9-3-13(17)16-10-12(11-16)15-6-4-14-5-7-15/h12,14H,2-11H2,1H3. The maximum atomic E-state index is 11.8. The van der Waals surface area contributed by atoms with E-state index in [1.54, 1.807) is 0 Å². The molecule has 5 heteroatoms. The third-order valence-electron chi connectivity index (χ3n) is 3.69. The summed E-state index contributed by atoms with van der Waals surface area (Å²) in [6, 6.07) is 0.590. The Balaban J connectivity index is 1.58. The molecule has 0 spiro atoms. The van der Waals surface area contributed by atoms with Crippen LogP contribution in [0.2, 0.25) is 0 Å². The van der Waals surface area contributed by atoms with Crippen LogP contribution in [0.15, 0.2) is 0 Å². The van der Waals surface area contributed by atoms with Crippen molar-refractivity contribution < 1.29 is 9.53 Å². The highest BCUT2D eigenvalue weighted by atomic mass is 16.5. The molecule has 0 aromatic heterocycles. The van der Waals surface area contributed by atoms with Crippen molar-refractivity contribution in [1.82, 2.24) is 15.1 Å². The van der Waals surface area contributed by atoms with Gasteiger partial charge < -0.3 is 15.0 Å². The smallest absolute Gasteiger partial charge is 0.224 e. The number of nitrogens with one attached hydrogen (secondary N) is 1. The Labute approximate surface area is 109 Å². The number of nitrogens with zero attached hydrogens (tertiary/aromatic N) is 2. The van der Waals surface area contributed by atoms with Crippen LogP contribution in [-0.4, -0.2) is 74.2 Å². The molecule has 1 amide bonds. The molecule has 0 radical (unpaired) electrons. The fourth-order valence-corrected chi connectivity index (χ4v) is 2.50. The molecule has 0 aromatic rings. The summed E-state index contributed by atoms with van der Waals surface area (Å²) in [6.45, 7) is 9.62. The molecule has 2 fully saturated rings. The Morgan fingerprint density at radius 2 is 2.00 bits per heavy atom. The second-order valence-electron chi connectivity index (χ2n) is 5.10. The highest BCUT2D eigenvalue weighted by Gasteiger charge is 2.34. The van der Waals surface area contributed by atoms with E-state index in [0.29, 0.717) is 19.1 Å². The summed E-state index contributed by atoms with van der Waals surface area (Å²) in [6.07, 6.45) is 1.55. The zero-order valence-corrected chi connectivity index (χ0v) is 11.4. The van der Waals surface area contributed by atoms with E-state index in [1.165, 1.54) is 0 Å². The van der Waals surface area contributed by atoms with Crippen LogP contribution in [0.5, 0.6) is 0 Å². The quantitative estimate of drug-likeness (QED) is 0.674. The van der Waals surface area contributed by atoms with E-state index in [9.17, 15) is 4.79 Å². The molecule has 0 atom stereocenters. The predicted molar refractivity (Wildman–Crippen MR) is 70.5 cm³/mol. The average molecular weight is 255 g/mol. The number of likely N-dealkylation sites (tertiary alicyclic amines) is 1. The minimum absolute atomic E-state index is 0.248. The summed E-state index contributed by atoms with van der Waals surface area (Å²) >= 11 is 0. The van der Waals surface area contributed by atoms with Gasteiger partial charge in [-0.2, -0.15) is 0 Å². The van der Waals surface area contributed by atoms with Crippen LogP contribution in [0.25, 0.3) is 0 Å². The second kappa shape index (κ2) is 7.07. The Morgan fingerprint density at radius 3 is 2.67 bits per heavy atom. The third-order valence-corrected chi connectivity index (χ3v) is 3.69. The molecule has 0 saturated carbocycles. The monoisotopic (exact) mass is 255 g/mol. The lowest BCUT2D eigenvalue weighted by Crippen LogP contribution is -2.63. The van der Waals surface area contributed by atoms with Crippen molar-refractivity contribution in [1.29, 1.82) is 0 Å². The van der Waals surface area contributed by atoms with Crippen LogP contribution < -0.4 is 5.32 Å². The first-order chi connectivity index (χ1) is 8.81. The van der Waals surface area contributed by atoms with Crippen LogP contribution >= 0.6 is 0 Å². The SMILES string of the molecule is CCCOCCC(=O)N1CC(N2CCNCC2)C1. The molecule has 2 aliphatic heterocycles. The van der Waals surface area contributed by atoms with E-state index in [0.717, 1.165) is 52.3 Å². The van der Waals surface area contributed by atoms with Gasteiger partial charge in [-0.25, -0.2) is 0 Å². The van der Waals surface area contributed by atoms with Gasteiger partial charge in [0.1, 0.15) is 0 Å². The van der Waals surface area contributed by atoms with Crippen molar-refractivity contribution in [2.24, 2.45) is 0 Å². The van der Waals surface area contributed by atoms with Gasteiger partial charge in [0.2, 0.25) is 5.91 Å². The number of hydrogen-bond donors (Lipinski definition) is 1. The molecular weight excluding hydrogens is 230 g/mol. The Hall–Kier alpha value is -0.650. The molecule has 1 N–H and O–H groups in total. The highest BCUT2D eigenvalue weighted by molar-refractivity contribution is 5.77. The minimum Gasteiger partial charge on any atom is -0.381 e. The van der Waals surface area contributed by atoms with Crippen molar-refractivity contribution in [2.75, 3.05) is 52.5 Å². The first kappa shape index (κ1) is 13.8. The largest absolute Gasteiger partial charge is 0.381 e. The van der Waals surface area contributed by atoms with Crippen molar-refractivity contribution in [3.63, 3.8) is 0 Å². The number of rotatable bonds is 6. The summed E-state index contributed by atoms with van der Waals surface area (Å²) < 4.78 is 5.35. The van der Waals surface area contributed by atoms with E-state index < -0.39 is 0 Å². The van der Waals surface area contributed by atoms with Gasteiger partial charge in [-0.3, -0.25) is 9.69 Å². The third kappa shape index (κ3) is 3.67. The van der Waals surface area contributed by atoms with Crippen LogP contribution in [-0.2, 0) is 9.53 Å². The summed E-state index contributed by atoms with van der Waals surface area (Å²) in [5.41, 5.74) is 0. The molecule has 0 unspecified atom stereocenters. The van der Waals surface area contributed by atoms with Gasteiger partial charge >= 0.3 is 0 Å². The molecule has 5 nitrogen and oxygen atoms in total. The molecule has 0 bridgehead atoms. The van der Waals surface area contributed by atoms with Crippen LogP contribution in [0.1, 0.15) is 19.8 Å². The molecule has 104 valence electrons. The van der Waals surface area contributed by atoms with Crippen molar-refractivity contribution in [3.8, 4) is 0 Å². The zero-order chi connectivity index (χ0) is 12.8. The lowest BCUT2D eigenvalue weighted by molar-refractivity contribution is -0.140. The van der Waals surface area contributed by atoms with Gasteiger partial charge in [0.05, 0.1) is 13.0 Å².